The number of hydrogen-bond acceptors (Lipinski definition) is 5. The van der Waals surface area contributed by atoms with Gasteiger partial charge in [-0.25, -0.2) is 10.4 Å². The van der Waals surface area contributed by atoms with Crippen LogP contribution in [0.4, 0.5) is 5.95 Å². The summed E-state index contributed by atoms with van der Waals surface area (Å²) in [5.74, 6) is 1.88. The smallest absolute Gasteiger partial charge is 0.222 e. The van der Waals surface area contributed by atoms with Gasteiger partial charge in [0.1, 0.15) is 17.4 Å². The lowest BCUT2D eigenvalue weighted by atomic mass is 10.2. The third-order valence-corrected chi connectivity index (χ3v) is 4.92. The highest BCUT2D eigenvalue weighted by atomic mass is 16.4. The van der Waals surface area contributed by atoms with Crippen LogP contribution in [0.3, 0.4) is 0 Å². The Hall–Kier alpha value is -3.79. The van der Waals surface area contributed by atoms with E-state index in [0.717, 1.165) is 39.3 Å². The molecule has 28 heavy (non-hydrogen) atoms. The van der Waals surface area contributed by atoms with E-state index in [0.29, 0.717) is 17.4 Å². The van der Waals surface area contributed by atoms with Gasteiger partial charge >= 0.3 is 0 Å². The van der Waals surface area contributed by atoms with Gasteiger partial charge in [0, 0.05) is 22.5 Å². The number of para-hydroxylation sites is 2. The molecule has 4 aromatic rings. The largest absolute Gasteiger partial charge is 0.443 e. The maximum Gasteiger partial charge on any atom is 0.222 e. The summed E-state index contributed by atoms with van der Waals surface area (Å²) >= 11 is 0. The monoisotopic (exact) mass is 372 g/mol. The number of hydrogen-bond donors (Lipinski definition) is 2. The predicted molar refractivity (Wildman–Crippen MR) is 109 cm³/mol. The molecule has 0 bridgehead atoms. The van der Waals surface area contributed by atoms with E-state index in [1.54, 1.807) is 6.21 Å². The number of benzene rings is 1. The molecule has 0 aliphatic carbocycles. The summed E-state index contributed by atoms with van der Waals surface area (Å²) < 4.78 is 7.82. The molecule has 1 aromatic carbocycles. The number of hydrazone groups is 1. The predicted octanol–water partition coefficient (Wildman–Crippen LogP) is 4.50. The molecule has 4 rings (SSSR count). The van der Waals surface area contributed by atoms with Crippen LogP contribution in [0.5, 0.6) is 0 Å². The van der Waals surface area contributed by atoms with Crippen molar-refractivity contribution in [1.82, 2.24) is 14.5 Å². The summed E-state index contributed by atoms with van der Waals surface area (Å²) in [7, 11) is 0. The molecule has 0 aliphatic heterocycles. The van der Waals surface area contributed by atoms with Crippen LogP contribution in [0.15, 0.2) is 39.9 Å². The van der Waals surface area contributed by atoms with Gasteiger partial charge in [-0.1, -0.05) is 12.1 Å². The maximum atomic E-state index is 9.52. The Morgan fingerprint density at radius 3 is 2.79 bits per heavy atom. The van der Waals surface area contributed by atoms with E-state index in [9.17, 15) is 5.26 Å². The first-order valence-corrected chi connectivity index (χ1v) is 8.93. The molecule has 0 radical (unpaired) electrons. The molecular weight excluding hydrogens is 352 g/mol. The molecule has 2 N–H and O–H groups in total. The average Bonchev–Trinajstić information content (AvgIpc) is 3.29. The fraction of sp³-hybridized carbons (Fsp3) is 0.190. The molecule has 0 spiro atoms. The van der Waals surface area contributed by atoms with E-state index >= 15 is 0 Å². The van der Waals surface area contributed by atoms with Crippen LogP contribution in [-0.2, 0) is 0 Å². The molecule has 7 nitrogen and oxygen atoms in total. The lowest BCUT2D eigenvalue weighted by Gasteiger charge is -2.06. The van der Waals surface area contributed by atoms with E-state index in [-0.39, 0.29) is 0 Å². The van der Waals surface area contributed by atoms with Crippen molar-refractivity contribution in [2.24, 2.45) is 5.10 Å². The second kappa shape index (κ2) is 6.74. The first-order valence-electron chi connectivity index (χ1n) is 8.93. The minimum Gasteiger partial charge on any atom is -0.443 e. The minimum atomic E-state index is 0.553. The van der Waals surface area contributed by atoms with Gasteiger partial charge in [-0.3, -0.25) is 4.57 Å². The van der Waals surface area contributed by atoms with Gasteiger partial charge < -0.3 is 9.40 Å². The molecule has 0 unspecified atom stereocenters. The molecule has 0 amide bonds. The Bertz CT molecular complexity index is 1220. The van der Waals surface area contributed by atoms with Crippen molar-refractivity contribution in [3.63, 3.8) is 0 Å². The maximum absolute atomic E-state index is 9.52. The summed E-state index contributed by atoms with van der Waals surface area (Å²) in [4.78, 5) is 7.61. The average molecular weight is 372 g/mol. The van der Waals surface area contributed by atoms with Crippen LogP contribution in [0.2, 0.25) is 0 Å². The number of aromatic nitrogens is 3. The summed E-state index contributed by atoms with van der Waals surface area (Å²) in [6, 6.07) is 12.1. The van der Waals surface area contributed by atoms with Crippen LogP contribution in [-0.4, -0.2) is 20.7 Å². The highest BCUT2D eigenvalue weighted by molar-refractivity contribution is 5.83. The number of H-pyrrole nitrogens is 1. The van der Waals surface area contributed by atoms with E-state index in [1.807, 2.05) is 62.6 Å². The van der Waals surface area contributed by atoms with Crippen molar-refractivity contribution in [1.29, 1.82) is 5.26 Å². The third-order valence-electron chi connectivity index (χ3n) is 4.92. The third kappa shape index (κ3) is 2.85. The van der Waals surface area contributed by atoms with Gasteiger partial charge in [-0.15, -0.1) is 0 Å². The Kier molecular flexibility index (Phi) is 4.24. The van der Waals surface area contributed by atoms with Crippen molar-refractivity contribution in [2.45, 2.75) is 27.7 Å². The Labute approximate surface area is 162 Å². The molecule has 0 atom stereocenters. The number of anilines is 1. The van der Waals surface area contributed by atoms with Gasteiger partial charge in [0.05, 0.1) is 17.2 Å². The molecule has 0 saturated carbocycles. The number of rotatable bonds is 4. The van der Waals surface area contributed by atoms with Crippen molar-refractivity contribution >= 4 is 23.2 Å². The van der Waals surface area contributed by atoms with E-state index < -0.39 is 0 Å². The van der Waals surface area contributed by atoms with Gasteiger partial charge in [-0.05, 0) is 45.9 Å². The van der Waals surface area contributed by atoms with Gasteiger partial charge in [0.15, 0.2) is 0 Å². The summed E-state index contributed by atoms with van der Waals surface area (Å²) in [6.07, 6.45) is 1.74. The molecule has 0 aliphatic rings. The lowest BCUT2D eigenvalue weighted by Crippen LogP contribution is -2.01. The highest BCUT2D eigenvalue weighted by Gasteiger charge is 2.20. The molecule has 140 valence electrons. The normalized spacial score (nSPS) is 11.4. The molecule has 3 heterocycles. The van der Waals surface area contributed by atoms with E-state index in [4.69, 9.17) is 4.42 Å². The van der Waals surface area contributed by atoms with Crippen molar-refractivity contribution < 1.29 is 4.42 Å². The zero-order valence-electron chi connectivity index (χ0n) is 16.2. The van der Waals surface area contributed by atoms with Gasteiger partial charge in [-0.2, -0.15) is 10.4 Å². The summed E-state index contributed by atoms with van der Waals surface area (Å²) in [5, 5.41) is 13.8. The number of nitrogens with zero attached hydrogens (tertiary/aromatic N) is 4. The number of nitrogens with one attached hydrogen (secondary N) is 2. The van der Waals surface area contributed by atoms with Gasteiger partial charge in [0.2, 0.25) is 11.8 Å². The van der Waals surface area contributed by atoms with Crippen LogP contribution < -0.4 is 5.43 Å². The van der Waals surface area contributed by atoms with Gasteiger partial charge in [0.25, 0.3) is 0 Å². The van der Waals surface area contributed by atoms with Crippen LogP contribution >= 0.6 is 0 Å². The first-order chi connectivity index (χ1) is 13.5. The summed E-state index contributed by atoms with van der Waals surface area (Å²) in [5.41, 5.74) is 9.02. The quantitative estimate of drug-likeness (QED) is 0.407. The van der Waals surface area contributed by atoms with Crippen molar-refractivity contribution in [3.8, 4) is 12.0 Å². The number of fused-ring (bicyclic) bond motifs is 1. The lowest BCUT2D eigenvalue weighted by molar-refractivity contribution is 0.503. The first kappa shape index (κ1) is 17.6. The topological polar surface area (TPSA) is 94.9 Å². The number of imidazole rings is 1. The van der Waals surface area contributed by atoms with Crippen molar-refractivity contribution in [2.75, 3.05) is 5.43 Å². The van der Waals surface area contributed by atoms with E-state index in [2.05, 4.69) is 26.6 Å². The number of aromatic amines is 1. The standard InChI is InChI=1S/C21H20N6O/c1-12-9-16(11-23-26-21-24-18-7-5-6-8-19(18)25-21)14(3)27(12)20-17(10-22)13(2)15(4)28-20/h5-9,11H,1-4H3,(H2,24,25,26)/b23-11-. The second-order valence-electron chi connectivity index (χ2n) is 6.71. The molecule has 7 heteroatoms. The second-order valence-corrected chi connectivity index (χ2v) is 6.71. The minimum absolute atomic E-state index is 0.553. The molecule has 0 fully saturated rings. The molecule has 0 saturated heterocycles. The Morgan fingerprint density at radius 2 is 2.04 bits per heavy atom. The number of furan rings is 1. The van der Waals surface area contributed by atoms with Crippen molar-refractivity contribution in [3.05, 3.63) is 64.2 Å². The SMILES string of the molecule is Cc1oc(-n2c(C)cc(/C=N\Nc3nc4ccccc4[nH]3)c2C)c(C#N)c1C. The van der Waals surface area contributed by atoms with E-state index in [1.165, 1.54) is 0 Å². The Balaban J connectivity index is 1.63. The Morgan fingerprint density at radius 1 is 1.25 bits per heavy atom. The molecule has 3 aromatic heterocycles. The van der Waals surface area contributed by atoms with Crippen LogP contribution in [0, 0.1) is 39.0 Å². The fourth-order valence-electron chi connectivity index (χ4n) is 3.30. The number of aryl methyl sites for hydroxylation is 2. The molecular formula is C21H20N6O. The van der Waals surface area contributed by atoms with Crippen LogP contribution in [0.25, 0.3) is 16.9 Å². The van der Waals surface area contributed by atoms with Crippen LogP contribution in [0.1, 0.15) is 33.8 Å². The summed E-state index contributed by atoms with van der Waals surface area (Å²) in [6.45, 7) is 7.72. The fourth-order valence-corrected chi connectivity index (χ4v) is 3.30. The zero-order valence-corrected chi connectivity index (χ0v) is 16.2. The zero-order chi connectivity index (χ0) is 19.8. The number of nitriles is 1. The highest BCUT2D eigenvalue weighted by Crippen LogP contribution is 2.28.